The third-order valence-corrected chi connectivity index (χ3v) is 4.00. The van der Waals surface area contributed by atoms with Crippen LogP contribution in [0.3, 0.4) is 0 Å². The number of carbonyl (C=O) groups excluding carboxylic acids is 1. The number of carbonyl (C=O) groups is 1. The molecular weight excluding hydrogens is 258 g/mol. The van der Waals surface area contributed by atoms with Crippen LogP contribution in [0, 0.1) is 6.92 Å². The van der Waals surface area contributed by atoms with Gasteiger partial charge >= 0.3 is 0 Å². The van der Waals surface area contributed by atoms with Crippen LogP contribution in [-0.2, 0) is 11.2 Å². The number of hydrogen-bond acceptors (Lipinski definition) is 1. The van der Waals surface area contributed by atoms with Crippen LogP contribution in [0.5, 0.6) is 0 Å². The summed E-state index contributed by atoms with van der Waals surface area (Å²) < 4.78 is 0. The number of hydrogen-bond donors (Lipinski definition) is 1. The van der Waals surface area contributed by atoms with Crippen LogP contribution in [0.2, 0.25) is 5.02 Å². The molecule has 1 N–H and O–H groups in total. The molecule has 1 amide bonds. The highest BCUT2D eigenvalue weighted by atomic mass is 35.5. The van der Waals surface area contributed by atoms with Crippen LogP contribution in [-0.4, -0.2) is 5.91 Å². The number of aryl methyl sites for hydroxylation is 1. The second kappa shape index (κ2) is 4.71. The average molecular weight is 272 g/mol. The lowest BCUT2D eigenvalue weighted by Crippen LogP contribution is -2.14. The first-order valence-corrected chi connectivity index (χ1v) is 6.68. The second-order valence-corrected chi connectivity index (χ2v) is 5.28. The van der Waals surface area contributed by atoms with Crippen molar-refractivity contribution in [2.24, 2.45) is 0 Å². The molecule has 0 bridgehead atoms. The third-order valence-electron chi connectivity index (χ3n) is 3.63. The molecule has 3 rings (SSSR count). The Balaban J connectivity index is 1.97. The van der Waals surface area contributed by atoms with E-state index in [0.717, 1.165) is 27.4 Å². The molecule has 0 radical (unpaired) electrons. The Hall–Kier alpha value is -1.80. The van der Waals surface area contributed by atoms with E-state index in [0.29, 0.717) is 6.42 Å². The fourth-order valence-electron chi connectivity index (χ4n) is 2.59. The first-order chi connectivity index (χ1) is 9.16. The summed E-state index contributed by atoms with van der Waals surface area (Å²) >= 11 is 6.18. The van der Waals surface area contributed by atoms with Gasteiger partial charge in [0.1, 0.15) is 0 Å². The molecule has 0 fully saturated rings. The Bertz CT molecular complexity index is 651. The maximum atomic E-state index is 12.1. The Morgan fingerprint density at radius 2 is 1.95 bits per heavy atom. The number of fused-ring (bicyclic) bond motifs is 1. The number of nitrogens with one attached hydrogen (secondary N) is 1. The average Bonchev–Trinajstić information content (AvgIpc) is 2.71. The highest BCUT2D eigenvalue weighted by molar-refractivity contribution is 6.31. The lowest BCUT2D eigenvalue weighted by molar-refractivity contribution is -0.117. The Kier molecular flexibility index (Phi) is 3.03. The zero-order valence-electron chi connectivity index (χ0n) is 10.6. The van der Waals surface area contributed by atoms with Crippen molar-refractivity contribution in [2.45, 2.75) is 19.3 Å². The molecule has 3 heteroatoms. The fourth-order valence-corrected chi connectivity index (χ4v) is 2.80. The summed E-state index contributed by atoms with van der Waals surface area (Å²) in [5, 5.41) is 3.69. The van der Waals surface area contributed by atoms with Gasteiger partial charge in [0.25, 0.3) is 0 Å². The summed E-state index contributed by atoms with van der Waals surface area (Å²) in [6.07, 6.45) is 0.641. The van der Waals surface area contributed by atoms with Crippen molar-refractivity contribution in [3.63, 3.8) is 0 Å². The minimum atomic E-state index is -0.144. The predicted octanol–water partition coefficient (Wildman–Crippen LogP) is 3.93. The van der Waals surface area contributed by atoms with Crippen molar-refractivity contribution >= 4 is 23.2 Å². The minimum absolute atomic E-state index is 0.0595. The SMILES string of the molecule is Cc1cccc2c1NC(=O)C2Cc1ccccc1Cl. The van der Waals surface area contributed by atoms with Crippen molar-refractivity contribution in [2.75, 3.05) is 5.32 Å². The molecule has 96 valence electrons. The van der Waals surface area contributed by atoms with E-state index in [1.54, 1.807) is 0 Å². The van der Waals surface area contributed by atoms with Gasteiger partial charge in [-0.2, -0.15) is 0 Å². The van der Waals surface area contributed by atoms with Gasteiger partial charge in [0.15, 0.2) is 0 Å². The standard InChI is InChI=1S/C16H14ClNO/c1-10-5-4-7-12-13(16(19)18-15(10)12)9-11-6-2-3-8-14(11)17/h2-8,13H,9H2,1H3,(H,18,19). The van der Waals surface area contributed by atoms with Crippen LogP contribution < -0.4 is 5.32 Å². The Labute approximate surface area is 117 Å². The van der Waals surface area contributed by atoms with Crippen LogP contribution in [0.1, 0.15) is 22.6 Å². The molecule has 19 heavy (non-hydrogen) atoms. The molecule has 0 saturated heterocycles. The highest BCUT2D eigenvalue weighted by Crippen LogP contribution is 2.37. The summed E-state index contributed by atoms with van der Waals surface area (Å²) in [6.45, 7) is 2.01. The topological polar surface area (TPSA) is 29.1 Å². The van der Waals surface area contributed by atoms with Crippen LogP contribution >= 0.6 is 11.6 Å². The molecular formula is C16H14ClNO. The van der Waals surface area contributed by atoms with E-state index in [9.17, 15) is 4.79 Å². The molecule has 2 aromatic carbocycles. The van der Waals surface area contributed by atoms with Gasteiger partial charge in [0.05, 0.1) is 5.92 Å². The van der Waals surface area contributed by atoms with E-state index in [1.165, 1.54) is 0 Å². The summed E-state index contributed by atoms with van der Waals surface area (Å²) in [7, 11) is 0. The van der Waals surface area contributed by atoms with Crippen LogP contribution in [0.4, 0.5) is 5.69 Å². The van der Waals surface area contributed by atoms with Gasteiger partial charge in [0, 0.05) is 10.7 Å². The van der Waals surface area contributed by atoms with Gasteiger partial charge in [-0.25, -0.2) is 0 Å². The molecule has 1 atom stereocenters. The van der Waals surface area contributed by atoms with Crippen molar-refractivity contribution in [3.8, 4) is 0 Å². The van der Waals surface area contributed by atoms with Crippen molar-refractivity contribution in [1.29, 1.82) is 0 Å². The summed E-state index contributed by atoms with van der Waals surface area (Å²) in [4.78, 5) is 12.1. The van der Waals surface area contributed by atoms with E-state index < -0.39 is 0 Å². The lowest BCUT2D eigenvalue weighted by atomic mass is 9.92. The third kappa shape index (κ3) is 2.13. The molecule has 0 aromatic heterocycles. The number of amides is 1. The van der Waals surface area contributed by atoms with Gasteiger partial charge in [-0.3, -0.25) is 4.79 Å². The fraction of sp³-hybridized carbons (Fsp3) is 0.188. The second-order valence-electron chi connectivity index (χ2n) is 4.88. The van der Waals surface area contributed by atoms with Crippen LogP contribution in [0.25, 0.3) is 0 Å². The van der Waals surface area contributed by atoms with E-state index in [4.69, 9.17) is 11.6 Å². The van der Waals surface area contributed by atoms with E-state index in [-0.39, 0.29) is 11.8 Å². The van der Waals surface area contributed by atoms with Crippen molar-refractivity contribution in [1.82, 2.24) is 0 Å². The van der Waals surface area contributed by atoms with Crippen molar-refractivity contribution < 1.29 is 4.79 Å². The smallest absolute Gasteiger partial charge is 0.232 e. The van der Waals surface area contributed by atoms with E-state index in [1.807, 2.05) is 49.4 Å². The van der Waals surface area contributed by atoms with Crippen LogP contribution in [0.15, 0.2) is 42.5 Å². The van der Waals surface area contributed by atoms with Gasteiger partial charge in [-0.15, -0.1) is 0 Å². The molecule has 0 aliphatic carbocycles. The first-order valence-electron chi connectivity index (χ1n) is 6.30. The van der Waals surface area contributed by atoms with E-state index in [2.05, 4.69) is 5.32 Å². The van der Waals surface area contributed by atoms with Crippen molar-refractivity contribution in [3.05, 3.63) is 64.2 Å². The number of benzene rings is 2. The zero-order valence-corrected chi connectivity index (χ0v) is 11.4. The molecule has 1 unspecified atom stereocenters. The quantitative estimate of drug-likeness (QED) is 0.881. The van der Waals surface area contributed by atoms with Gasteiger partial charge in [0.2, 0.25) is 5.91 Å². The largest absolute Gasteiger partial charge is 0.325 e. The molecule has 0 spiro atoms. The van der Waals surface area contributed by atoms with Gasteiger partial charge < -0.3 is 5.32 Å². The normalized spacial score (nSPS) is 17.2. The number of para-hydroxylation sites is 1. The number of rotatable bonds is 2. The first kappa shape index (κ1) is 12.2. The monoisotopic (exact) mass is 271 g/mol. The maximum absolute atomic E-state index is 12.1. The zero-order chi connectivity index (χ0) is 13.4. The summed E-state index contributed by atoms with van der Waals surface area (Å²) in [5.41, 5.74) is 4.15. The summed E-state index contributed by atoms with van der Waals surface area (Å²) in [5.74, 6) is -0.0842. The van der Waals surface area contributed by atoms with Gasteiger partial charge in [-0.05, 0) is 36.1 Å². The Morgan fingerprint density at radius 1 is 1.16 bits per heavy atom. The Morgan fingerprint density at radius 3 is 2.74 bits per heavy atom. The maximum Gasteiger partial charge on any atom is 0.232 e. The molecule has 1 heterocycles. The van der Waals surface area contributed by atoms with Gasteiger partial charge in [-0.1, -0.05) is 48.0 Å². The highest BCUT2D eigenvalue weighted by Gasteiger charge is 2.31. The molecule has 1 aliphatic rings. The minimum Gasteiger partial charge on any atom is -0.325 e. The molecule has 2 aromatic rings. The van der Waals surface area contributed by atoms with E-state index >= 15 is 0 Å². The number of anilines is 1. The summed E-state index contributed by atoms with van der Waals surface area (Å²) in [6, 6.07) is 13.7. The number of halogens is 1. The molecule has 2 nitrogen and oxygen atoms in total. The predicted molar refractivity (Wildman–Crippen MR) is 77.7 cm³/mol. The lowest BCUT2D eigenvalue weighted by Gasteiger charge is -2.10. The molecule has 1 aliphatic heterocycles. The molecule has 0 saturated carbocycles.